The van der Waals surface area contributed by atoms with E-state index < -0.39 is 12.1 Å². The summed E-state index contributed by atoms with van der Waals surface area (Å²) in [5, 5.41) is 12.6. The molecule has 0 spiro atoms. The van der Waals surface area contributed by atoms with Crippen LogP contribution in [0, 0.1) is 12.8 Å². The number of hydrogen-bond acceptors (Lipinski definition) is 3. The van der Waals surface area contributed by atoms with Crippen molar-refractivity contribution in [3.05, 3.63) is 0 Å². The average molecular weight is 284 g/mol. The zero-order valence-electron chi connectivity index (χ0n) is 13.3. The Balaban J connectivity index is 0. The van der Waals surface area contributed by atoms with Crippen LogP contribution in [0.1, 0.15) is 65.7 Å². The number of rotatable bonds is 5. The first-order valence-electron chi connectivity index (χ1n) is 7.72. The van der Waals surface area contributed by atoms with Gasteiger partial charge in [0.15, 0.2) is 0 Å². The highest BCUT2D eigenvalue weighted by Gasteiger charge is 2.24. The fraction of sp³-hybridized carbons (Fsp3) is 0.812. The average Bonchev–Trinajstić information content (AvgIpc) is 2.51. The Morgan fingerprint density at radius 2 is 1.80 bits per heavy atom. The van der Waals surface area contributed by atoms with Crippen molar-refractivity contribution < 1.29 is 9.90 Å². The van der Waals surface area contributed by atoms with Crippen LogP contribution < -0.4 is 11.1 Å². The van der Waals surface area contributed by atoms with Gasteiger partial charge in [0.25, 0.3) is 5.91 Å². The maximum absolute atomic E-state index is 11.7. The van der Waals surface area contributed by atoms with Crippen molar-refractivity contribution in [2.45, 2.75) is 83.9 Å². The summed E-state index contributed by atoms with van der Waals surface area (Å²) in [4.78, 5) is 11.7. The number of aliphatic hydroxyl groups is 1. The number of carbonyl (C=O) groups is 1. The van der Waals surface area contributed by atoms with Crippen molar-refractivity contribution in [2.75, 3.05) is 0 Å². The molecule has 1 aliphatic rings. The molecule has 20 heavy (non-hydrogen) atoms. The predicted molar refractivity (Wildman–Crippen MR) is 85.1 cm³/mol. The minimum atomic E-state index is -1.05. The highest BCUT2D eigenvalue weighted by Crippen LogP contribution is 2.17. The third-order valence-corrected chi connectivity index (χ3v) is 3.25. The summed E-state index contributed by atoms with van der Waals surface area (Å²) < 4.78 is 0. The Hall–Kier alpha value is -1.05. The molecule has 0 radical (unpaired) electrons. The van der Waals surface area contributed by atoms with E-state index in [1.165, 1.54) is 19.3 Å². The molecule has 0 bridgehead atoms. The highest BCUT2D eigenvalue weighted by atomic mass is 16.3. The lowest BCUT2D eigenvalue weighted by molar-refractivity contribution is -0.131. The Bertz CT molecular complexity index is 248. The largest absolute Gasteiger partial charge is 0.382 e. The van der Waals surface area contributed by atoms with Gasteiger partial charge in [0.1, 0.15) is 6.10 Å². The number of carbonyl (C=O) groups excluding carboxylic acids is 1. The van der Waals surface area contributed by atoms with Gasteiger partial charge in [-0.2, -0.15) is 0 Å². The Morgan fingerprint density at radius 1 is 1.30 bits per heavy atom. The molecule has 4 N–H and O–H groups in total. The molecule has 0 saturated heterocycles. The van der Waals surface area contributed by atoms with Crippen molar-refractivity contribution in [3.8, 4) is 12.8 Å². The SMILES string of the molecule is C#C.CC.CCC[C@H](N)[C@H](O)C(=O)NC1CCCCC1. The molecule has 1 rings (SSSR count). The second-order valence-corrected chi connectivity index (χ2v) is 4.74. The minimum Gasteiger partial charge on any atom is -0.382 e. The monoisotopic (exact) mass is 284 g/mol. The lowest BCUT2D eigenvalue weighted by atomic mass is 9.95. The lowest BCUT2D eigenvalue weighted by Gasteiger charge is -2.25. The Labute approximate surface area is 124 Å². The number of amides is 1. The van der Waals surface area contributed by atoms with Crippen molar-refractivity contribution >= 4 is 5.91 Å². The molecular formula is C16H32N2O2. The zero-order chi connectivity index (χ0) is 16.0. The predicted octanol–water partition coefficient (Wildman–Crippen LogP) is 2.20. The van der Waals surface area contributed by atoms with Crippen LogP contribution in [0.3, 0.4) is 0 Å². The number of terminal acetylenes is 1. The van der Waals surface area contributed by atoms with Crippen LogP contribution in [0.2, 0.25) is 0 Å². The van der Waals surface area contributed by atoms with E-state index in [9.17, 15) is 9.90 Å². The highest BCUT2D eigenvalue weighted by molar-refractivity contribution is 5.81. The molecule has 0 heterocycles. The normalized spacial score (nSPS) is 17.6. The van der Waals surface area contributed by atoms with Crippen molar-refractivity contribution in [1.82, 2.24) is 5.32 Å². The van der Waals surface area contributed by atoms with E-state index in [4.69, 9.17) is 5.73 Å². The number of aliphatic hydroxyl groups excluding tert-OH is 1. The molecule has 2 atom stereocenters. The summed E-state index contributed by atoms with van der Waals surface area (Å²) in [5.41, 5.74) is 5.72. The van der Waals surface area contributed by atoms with Gasteiger partial charge in [-0.1, -0.05) is 46.5 Å². The smallest absolute Gasteiger partial charge is 0.250 e. The molecule has 0 aromatic rings. The summed E-state index contributed by atoms with van der Waals surface area (Å²) in [6.45, 7) is 5.99. The molecular weight excluding hydrogens is 252 g/mol. The van der Waals surface area contributed by atoms with E-state index in [0.29, 0.717) is 6.42 Å². The molecule has 0 aliphatic heterocycles. The number of nitrogens with one attached hydrogen (secondary N) is 1. The van der Waals surface area contributed by atoms with Crippen LogP contribution in [-0.4, -0.2) is 29.2 Å². The molecule has 1 amide bonds. The van der Waals surface area contributed by atoms with E-state index in [0.717, 1.165) is 19.3 Å². The van der Waals surface area contributed by atoms with Crippen LogP contribution in [0.5, 0.6) is 0 Å². The standard InChI is InChI=1S/C12H24N2O2.C2H6.C2H2/c1-2-6-10(13)11(15)12(16)14-9-7-4-3-5-8-9;2*1-2/h9-11,15H,2-8,13H2,1H3,(H,14,16);1-2H3;1-2H/t10-,11-;;/m0../s1. The third-order valence-electron chi connectivity index (χ3n) is 3.25. The van der Waals surface area contributed by atoms with E-state index >= 15 is 0 Å². The molecule has 4 heteroatoms. The molecule has 0 aromatic carbocycles. The fourth-order valence-corrected chi connectivity index (χ4v) is 2.22. The van der Waals surface area contributed by atoms with Gasteiger partial charge >= 0.3 is 0 Å². The minimum absolute atomic E-state index is 0.240. The van der Waals surface area contributed by atoms with Gasteiger partial charge < -0.3 is 16.2 Å². The van der Waals surface area contributed by atoms with Crippen molar-refractivity contribution in [3.63, 3.8) is 0 Å². The van der Waals surface area contributed by atoms with Crippen LogP contribution in [0.25, 0.3) is 0 Å². The summed E-state index contributed by atoms with van der Waals surface area (Å²) in [5.74, 6) is -0.298. The van der Waals surface area contributed by atoms with Crippen LogP contribution in [-0.2, 0) is 4.79 Å². The molecule has 1 aliphatic carbocycles. The topological polar surface area (TPSA) is 75.3 Å². The summed E-state index contributed by atoms with van der Waals surface area (Å²) in [6.07, 6.45) is 14.2. The van der Waals surface area contributed by atoms with E-state index in [2.05, 4.69) is 18.2 Å². The zero-order valence-corrected chi connectivity index (χ0v) is 13.3. The number of hydrogen-bond donors (Lipinski definition) is 3. The van der Waals surface area contributed by atoms with Crippen LogP contribution in [0.15, 0.2) is 0 Å². The molecule has 0 unspecified atom stereocenters. The van der Waals surface area contributed by atoms with Crippen LogP contribution in [0.4, 0.5) is 0 Å². The molecule has 1 fully saturated rings. The molecule has 118 valence electrons. The first-order valence-corrected chi connectivity index (χ1v) is 7.72. The Kier molecular flexibility index (Phi) is 15.3. The third kappa shape index (κ3) is 8.95. The van der Waals surface area contributed by atoms with Gasteiger partial charge in [0.05, 0.1) is 0 Å². The van der Waals surface area contributed by atoms with Gasteiger partial charge in [-0.15, -0.1) is 12.8 Å². The van der Waals surface area contributed by atoms with E-state index in [-0.39, 0.29) is 11.9 Å². The van der Waals surface area contributed by atoms with Gasteiger partial charge in [-0.05, 0) is 19.3 Å². The molecule has 1 saturated carbocycles. The van der Waals surface area contributed by atoms with Gasteiger partial charge in [0.2, 0.25) is 0 Å². The quantitative estimate of drug-likeness (QED) is 0.677. The first kappa shape index (κ1) is 21.3. The summed E-state index contributed by atoms with van der Waals surface area (Å²) in [7, 11) is 0. The van der Waals surface area contributed by atoms with Crippen molar-refractivity contribution in [1.29, 1.82) is 0 Å². The van der Waals surface area contributed by atoms with Gasteiger partial charge in [0, 0.05) is 12.1 Å². The molecule has 0 aromatic heterocycles. The van der Waals surface area contributed by atoms with Gasteiger partial charge in [-0.3, -0.25) is 4.79 Å². The van der Waals surface area contributed by atoms with Gasteiger partial charge in [-0.25, -0.2) is 0 Å². The fourth-order valence-electron chi connectivity index (χ4n) is 2.22. The lowest BCUT2D eigenvalue weighted by Crippen LogP contribution is -2.49. The molecule has 4 nitrogen and oxygen atoms in total. The van der Waals surface area contributed by atoms with E-state index in [1.807, 2.05) is 20.8 Å². The number of nitrogens with two attached hydrogens (primary N) is 1. The first-order chi connectivity index (χ1) is 9.65. The second-order valence-electron chi connectivity index (χ2n) is 4.74. The second kappa shape index (κ2) is 14.4. The summed E-state index contributed by atoms with van der Waals surface area (Å²) >= 11 is 0. The van der Waals surface area contributed by atoms with Crippen molar-refractivity contribution in [2.24, 2.45) is 5.73 Å². The van der Waals surface area contributed by atoms with E-state index in [1.54, 1.807) is 0 Å². The maximum Gasteiger partial charge on any atom is 0.250 e. The Morgan fingerprint density at radius 3 is 2.25 bits per heavy atom. The van der Waals surface area contributed by atoms with Crippen LogP contribution >= 0.6 is 0 Å². The summed E-state index contributed by atoms with van der Waals surface area (Å²) in [6, 6.07) is -0.196. The maximum atomic E-state index is 11.7.